The van der Waals surface area contributed by atoms with E-state index in [2.05, 4.69) is 72.4 Å². The Balaban J connectivity index is 1.37. The minimum atomic E-state index is -0.329. The number of rotatable bonds is 4. The predicted molar refractivity (Wildman–Crippen MR) is 157 cm³/mol. The van der Waals surface area contributed by atoms with E-state index in [0.717, 1.165) is 40.4 Å². The van der Waals surface area contributed by atoms with Crippen molar-refractivity contribution in [1.29, 1.82) is 0 Å². The van der Waals surface area contributed by atoms with Gasteiger partial charge in [0.05, 0.1) is 29.7 Å². The molecular weight excluding hydrogens is 514 g/mol. The molecule has 0 bridgehead atoms. The van der Waals surface area contributed by atoms with E-state index in [1.54, 1.807) is 0 Å². The monoisotopic (exact) mass is 545 g/mol. The van der Waals surface area contributed by atoms with Crippen LogP contribution in [0.15, 0.2) is 91.1 Å². The maximum atomic E-state index is 14.3. The van der Waals surface area contributed by atoms with E-state index < -0.39 is 0 Å². The van der Waals surface area contributed by atoms with Crippen molar-refractivity contribution >= 4 is 11.7 Å². The van der Waals surface area contributed by atoms with Crippen molar-refractivity contribution in [1.82, 2.24) is 19.2 Å². The van der Waals surface area contributed by atoms with Gasteiger partial charge in [-0.2, -0.15) is 5.10 Å². The lowest BCUT2D eigenvalue weighted by Gasteiger charge is -2.31. The molecule has 0 unspecified atom stereocenters. The molecule has 8 heteroatoms. The molecule has 0 spiro atoms. The Hall–Kier alpha value is -4.98. The summed E-state index contributed by atoms with van der Waals surface area (Å²) in [7, 11) is 0. The number of amides is 2. The van der Waals surface area contributed by atoms with E-state index in [1.165, 1.54) is 5.56 Å². The molecule has 2 aliphatic heterocycles. The molecule has 0 saturated heterocycles. The topological polar surface area (TPSA) is 73.6 Å². The number of urea groups is 1. The highest BCUT2D eigenvalue weighted by molar-refractivity contribution is 5.90. The Bertz CT molecular complexity index is 1720. The SMILES string of the molecule is CCc1nn(-c2ccccc2)c2c1CN(C(=O)Nc1ccc3c(c1)OCCO3)[C@H](c1ccc(C)cc1)c1cccn1-2. The van der Waals surface area contributed by atoms with E-state index >= 15 is 0 Å². The van der Waals surface area contributed by atoms with E-state index in [-0.39, 0.29) is 12.1 Å². The summed E-state index contributed by atoms with van der Waals surface area (Å²) in [5.74, 6) is 2.28. The van der Waals surface area contributed by atoms with E-state index in [4.69, 9.17) is 14.6 Å². The highest BCUT2D eigenvalue weighted by Crippen LogP contribution is 2.39. The number of hydrogen-bond acceptors (Lipinski definition) is 4. The highest BCUT2D eigenvalue weighted by Gasteiger charge is 2.36. The fraction of sp³-hybridized carbons (Fsp3) is 0.212. The van der Waals surface area contributed by atoms with Crippen molar-refractivity contribution in [3.63, 3.8) is 0 Å². The number of ether oxygens (including phenoxy) is 2. The van der Waals surface area contributed by atoms with E-state index in [9.17, 15) is 4.79 Å². The quantitative estimate of drug-likeness (QED) is 0.282. The van der Waals surface area contributed by atoms with Crippen molar-refractivity contribution < 1.29 is 14.3 Å². The first-order valence-corrected chi connectivity index (χ1v) is 14.0. The minimum Gasteiger partial charge on any atom is -0.486 e. The zero-order chi connectivity index (χ0) is 27.9. The van der Waals surface area contributed by atoms with Crippen LogP contribution >= 0.6 is 0 Å². The smallest absolute Gasteiger partial charge is 0.322 e. The van der Waals surface area contributed by atoms with Crippen molar-refractivity contribution in [2.75, 3.05) is 18.5 Å². The second-order valence-electron chi connectivity index (χ2n) is 10.4. The molecule has 206 valence electrons. The average Bonchev–Trinajstić information content (AvgIpc) is 3.59. The van der Waals surface area contributed by atoms with Gasteiger partial charge in [0, 0.05) is 23.5 Å². The zero-order valence-electron chi connectivity index (χ0n) is 23.1. The van der Waals surface area contributed by atoms with Gasteiger partial charge >= 0.3 is 6.03 Å². The third-order valence-electron chi connectivity index (χ3n) is 7.75. The number of para-hydroxylation sites is 1. The van der Waals surface area contributed by atoms with Gasteiger partial charge in [-0.1, -0.05) is 55.0 Å². The Kier molecular flexibility index (Phi) is 6.23. The number of benzene rings is 3. The number of anilines is 1. The van der Waals surface area contributed by atoms with Crippen LogP contribution in [0.5, 0.6) is 11.5 Å². The molecule has 8 nitrogen and oxygen atoms in total. The molecular formula is C33H31N5O3. The van der Waals surface area contributed by atoms with Gasteiger partial charge in [0.15, 0.2) is 11.5 Å². The first-order chi connectivity index (χ1) is 20.1. The minimum absolute atomic E-state index is 0.206. The molecule has 2 aromatic heterocycles. The molecule has 0 aliphatic carbocycles. The second kappa shape index (κ2) is 10.2. The number of nitrogens with one attached hydrogen (secondary N) is 1. The van der Waals surface area contributed by atoms with Gasteiger partial charge in [0.2, 0.25) is 0 Å². The van der Waals surface area contributed by atoms with Crippen molar-refractivity contribution in [3.8, 4) is 23.0 Å². The van der Waals surface area contributed by atoms with Gasteiger partial charge < -0.3 is 24.3 Å². The van der Waals surface area contributed by atoms with Gasteiger partial charge in [-0.25, -0.2) is 9.48 Å². The average molecular weight is 546 g/mol. The molecule has 4 heterocycles. The van der Waals surface area contributed by atoms with Gasteiger partial charge in [0.1, 0.15) is 19.0 Å². The molecule has 41 heavy (non-hydrogen) atoms. The van der Waals surface area contributed by atoms with E-state index in [0.29, 0.717) is 36.9 Å². The number of nitrogens with zero attached hydrogens (tertiary/aromatic N) is 4. The normalized spacial score (nSPS) is 15.6. The fourth-order valence-corrected chi connectivity index (χ4v) is 5.76. The molecule has 7 rings (SSSR count). The largest absolute Gasteiger partial charge is 0.486 e. The van der Waals surface area contributed by atoms with Crippen molar-refractivity contribution in [3.05, 3.63) is 119 Å². The van der Waals surface area contributed by atoms with Crippen LogP contribution in [0.3, 0.4) is 0 Å². The van der Waals surface area contributed by atoms with Crippen LogP contribution in [0.1, 0.15) is 41.0 Å². The maximum absolute atomic E-state index is 14.3. The lowest BCUT2D eigenvalue weighted by molar-refractivity contribution is 0.171. The van der Waals surface area contributed by atoms with Crippen LogP contribution in [0.2, 0.25) is 0 Å². The summed E-state index contributed by atoms with van der Waals surface area (Å²) in [6, 6.07) is 27.7. The summed E-state index contributed by atoms with van der Waals surface area (Å²) in [5.41, 5.74) is 6.81. The number of hydrogen-bond donors (Lipinski definition) is 1. The Morgan fingerprint density at radius 1 is 0.951 bits per heavy atom. The number of aryl methyl sites for hydroxylation is 2. The van der Waals surface area contributed by atoms with Crippen LogP contribution in [0.25, 0.3) is 11.5 Å². The summed E-state index contributed by atoms with van der Waals surface area (Å²) in [6.07, 6.45) is 2.81. The van der Waals surface area contributed by atoms with Crippen LogP contribution < -0.4 is 14.8 Å². The molecule has 1 N–H and O–H groups in total. The summed E-state index contributed by atoms with van der Waals surface area (Å²) in [6.45, 7) is 5.57. The lowest BCUT2D eigenvalue weighted by atomic mass is 10.0. The van der Waals surface area contributed by atoms with Crippen molar-refractivity contribution in [2.45, 2.75) is 32.9 Å². The third kappa shape index (κ3) is 4.41. The first kappa shape index (κ1) is 25.0. The van der Waals surface area contributed by atoms with Crippen LogP contribution in [-0.4, -0.2) is 38.5 Å². The fourth-order valence-electron chi connectivity index (χ4n) is 5.76. The maximum Gasteiger partial charge on any atom is 0.322 e. The predicted octanol–water partition coefficient (Wildman–Crippen LogP) is 6.44. The number of carbonyl (C=O) groups excluding carboxylic acids is 1. The summed E-state index contributed by atoms with van der Waals surface area (Å²) in [4.78, 5) is 16.2. The summed E-state index contributed by atoms with van der Waals surface area (Å²) in [5, 5.41) is 8.19. The van der Waals surface area contributed by atoms with E-state index in [1.807, 2.05) is 52.0 Å². The second-order valence-corrected chi connectivity index (χ2v) is 10.4. The molecule has 5 aromatic rings. The number of fused-ring (bicyclic) bond motifs is 4. The van der Waals surface area contributed by atoms with Gasteiger partial charge in [0.25, 0.3) is 0 Å². The Morgan fingerprint density at radius 3 is 2.51 bits per heavy atom. The molecule has 1 atom stereocenters. The third-order valence-corrected chi connectivity index (χ3v) is 7.75. The van der Waals surface area contributed by atoms with Crippen molar-refractivity contribution in [2.24, 2.45) is 0 Å². The standard InChI is InChI=1S/C33H31N5O3/c1-3-27-26-21-37(33(39)34-24-15-16-29-30(20-24)41-19-18-40-29)31(23-13-11-22(2)12-14-23)28-10-7-17-36(28)32(26)38(35-27)25-8-5-4-6-9-25/h4-17,20,31H,3,18-19,21H2,1-2H3,(H,34,39)/t31-/m1/s1. The number of aromatic nitrogens is 3. The van der Waals surface area contributed by atoms with Gasteiger partial charge in [-0.05, 0) is 55.3 Å². The molecule has 2 aliphatic rings. The van der Waals surface area contributed by atoms with Crippen LogP contribution in [-0.2, 0) is 13.0 Å². The first-order valence-electron chi connectivity index (χ1n) is 14.0. The van der Waals surface area contributed by atoms with Crippen LogP contribution in [0.4, 0.5) is 10.5 Å². The van der Waals surface area contributed by atoms with Gasteiger partial charge in [-0.3, -0.25) is 0 Å². The molecule has 0 fully saturated rings. The summed E-state index contributed by atoms with van der Waals surface area (Å²) < 4.78 is 15.6. The zero-order valence-corrected chi connectivity index (χ0v) is 23.1. The lowest BCUT2D eigenvalue weighted by Crippen LogP contribution is -2.38. The van der Waals surface area contributed by atoms with Gasteiger partial charge in [-0.15, -0.1) is 0 Å². The number of carbonyl (C=O) groups is 1. The molecule has 2 amide bonds. The Labute approximate surface area is 238 Å². The molecule has 0 radical (unpaired) electrons. The summed E-state index contributed by atoms with van der Waals surface area (Å²) >= 11 is 0. The highest BCUT2D eigenvalue weighted by atomic mass is 16.6. The molecule has 3 aromatic carbocycles. The Morgan fingerprint density at radius 2 is 1.73 bits per heavy atom. The van der Waals surface area contributed by atoms with Crippen LogP contribution in [0, 0.1) is 6.92 Å². The molecule has 0 saturated carbocycles.